The van der Waals surface area contributed by atoms with Crippen LogP contribution in [0.2, 0.25) is 5.02 Å². The van der Waals surface area contributed by atoms with Gasteiger partial charge in [-0.1, -0.05) is 24.9 Å². The quantitative estimate of drug-likeness (QED) is 0.725. The Balaban J connectivity index is 1.97. The fourth-order valence-corrected chi connectivity index (χ4v) is 1.76. The summed E-state index contributed by atoms with van der Waals surface area (Å²) >= 11 is 6.08. The Morgan fingerprint density at radius 1 is 1.53 bits per heavy atom. The van der Waals surface area contributed by atoms with E-state index >= 15 is 0 Å². The molecular weight excluding hydrogens is 243 g/mol. The van der Waals surface area contributed by atoms with Gasteiger partial charge in [-0.2, -0.15) is 0 Å². The molecule has 1 aliphatic heterocycles. The molecule has 0 saturated carbocycles. The standard InChI is InChI=1S/C13H16ClFO2/c1-2-3-4-10-7-11(5-6-12(10)14)16-8-13(15)9-17-13/h5-7H,2-4,8-9H2,1H3. The lowest BCUT2D eigenvalue weighted by molar-refractivity contribution is 0.0766. The molecule has 0 spiro atoms. The topological polar surface area (TPSA) is 21.8 Å². The number of unbranched alkanes of at least 4 members (excludes halogenated alkanes) is 1. The van der Waals surface area contributed by atoms with Crippen molar-refractivity contribution in [2.24, 2.45) is 0 Å². The van der Waals surface area contributed by atoms with Gasteiger partial charge in [0.15, 0.2) is 0 Å². The van der Waals surface area contributed by atoms with E-state index in [0.29, 0.717) is 5.75 Å². The third-order valence-corrected chi connectivity index (χ3v) is 3.10. The zero-order valence-corrected chi connectivity index (χ0v) is 10.6. The van der Waals surface area contributed by atoms with E-state index in [9.17, 15) is 4.39 Å². The van der Waals surface area contributed by atoms with Gasteiger partial charge in [-0.25, -0.2) is 4.39 Å². The minimum absolute atomic E-state index is 0.0537. The number of benzene rings is 1. The summed E-state index contributed by atoms with van der Waals surface area (Å²) in [5.41, 5.74) is 1.05. The van der Waals surface area contributed by atoms with Gasteiger partial charge < -0.3 is 9.47 Å². The van der Waals surface area contributed by atoms with Crippen molar-refractivity contribution in [3.63, 3.8) is 0 Å². The van der Waals surface area contributed by atoms with Gasteiger partial charge in [0.2, 0.25) is 0 Å². The van der Waals surface area contributed by atoms with Crippen LogP contribution in [0.1, 0.15) is 25.3 Å². The molecule has 2 rings (SSSR count). The third-order valence-electron chi connectivity index (χ3n) is 2.73. The molecule has 0 aromatic heterocycles. The van der Waals surface area contributed by atoms with Crippen LogP contribution in [0, 0.1) is 0 Å². The van der Waals surface area contributed by atoms with Gasteiger partial charge in [0.1, 0.15) is 19.0 Å². The number of hydrogen-bond donors (Lipinski definition) is 0. The zero-order chi connectivity index (χ0) is 12.3. The second kappa shape index (κ2) is 5.23. The summed E-state index contributed by atoms with van der Waals surface area (Å²) in [7, 11) is 0. The van der Waals surface area contributed by atoms with Crippen molar-refractivity contribution in [2.75, 3.05) is 13.2 Å². The Morgan fingerprint density at radius 2 is 2.29 bits per heavy atom. The average Bonchev–Trinajstić information content (AvgIpc) is 3.05. The van der Waals surface area contributed by atoms with E-state index in [-0.39, 0.29) is 13.2 Å². The van der Waals surface area contributed by atoms with Gasteiger partial charge in [0.25, 0.3) is 5.85 Å². The van der Waals surface area contributed by atoms with Crippen molar-refractivity contribution in [1.82, 2.24) is 0 Å². The highest BCUT2D eigenvalue weighted by molar-refractivity contribution is 6.31. The first kappa shape index (κ1) is 12.7. The Morgan fingerprint density at radius 3 is 2.94 bits per heavy atom. The molecule has 4 heteroatoms. The Labute approximate surface area is 106 Å². The molecule has 1 aliphatic rings. The predicted molar refractivity (Wildman–Crippen MR) is 65.4 cm³/mol. The molecule has 0 radical (unpaired) electrons. The number of rotatable bonds is 6. The number of halogens is 2. The Bertz CT molecular complexity index is 391. The SMILES string of the molecule is CCCCc1cc(OCC2(F)CO2)ccc1Cl. The van der Waals surface area contributed by atoms with Crippen LogP contribution >= 0.6 is 11.6 Å². The molecule has 1 atom stereocenters. The number of hydrogen-bond acceptors (Lipinski definition) is 2. The second-order valence-electron chi connectivity index (χ2n) is 4.32. The minimum atomic E-state index is -1.57. The van der Waals surface area contributed by atoms with E-state index in [4.69, 9.17) is 16.3 Å². The molecule has 1 saturated heterocycles. The monoisotopic (exact) mass is 258 g/mol. The van der Waals surface area contributed by atoms with E-state index < -0.39 is 5.85 Å². The summed E-state index contributed by atoms with van der Waals surface area (Å²) in [6, 6.07) is 5.42. The van der Waals surface area contributed by atoms with E-state index in [1.165, 1.54) is 0 Å². The first-order valence-corrected chi connectivity index (χ1v) is 6.25. The van der Waals surface area contributed by atoms with Crippen molar-refractivity contribution in [2.45, 2.75) is 32.0 Å². The summed E-state index contributed by atoms with van der Waals surface area (Å²) < 4.78 is 23.2. The predicted octanol–water partition coefficient (Wildman–Crippen LogP) is 3.76. The van der Waals surface area contributed by atoms with Crippen molar-refractivity contribution in [3.8, 4) is 5.75 Å². The first-order valence-electron chi connectivity index (χ1n) is 5.87. The largest absolute Gasteiger partial charge is 0.488 e. The maximum absolute atomic E-state index is 13.2. The molecule has 1 unspecified atom stereocenters. The summed E-state index contributed by atoms with van der Waals surface area (Å²) in [4.78, 5) is 0. The van der Waals surface area contributed by atoms with E-state index in [1.54, 1.807) is 12.1 Å². The molecule has 17 heavy (non-hydrogen) atoms. The van der Waals surface area contributed by atoms with E-state index in [2.05, 4.69) is 11.7 Å². The molecule has 2 nitrogen and oxygen atoms in total. The highest BCUT2D eigenvalue weighted by Crippen LogP contribution is 2.30. The number of epoxide rings is 1. The van der Waals surface area contributed by atoms with Crippen molar-refractivity contribution in [1.29, 1.82) is 0 Å². The summed E-state index contributed by atoms with van der Waals surface area (Å²) in [5.74, 6) is -0.920. The fraction of sp³-hybridized carbons (Fsp3) is 0.538. The van der Waals surface area contributed by atoms with E-state index in [0.717, 1.165) is 29.8 Å². The van der Waals surface area contributed by atoms with Crippen molar-refractivity contribution in [3.05, 3.63) is 28.8 Å². The number of ether oxygens (including phenoxy) is 2. The van der Waals surface area contributed by atoms with Crippen LogP contribution in [0.25, 0.3) is 0 Å². The molecule has 0 N–H and O–H groups in total. The summed E-state index contributed by atoms with van der Waals surface area (Å²) in [5, 5.41) is 0.739. The maximum Gasteiger partial charge on any atom is 0.267 e. The molecule has 0 aliphatic carbocycles. The molecule has 1 aromatic carbocycles. The van der Waals surface area contributed by atoms with Gasteiger partial charge in [0, 0.05) is 5.02 Å². The molecule has 1 heterocycles. The highest BCUT2D eigenvalue weighted by Gasteiger charge is 2.46. The lowest BCUT2D eigenvalue weighted by Gasteiger charge is -2.09. The first-order chi connectivity index (χ1) is 8.13. The third kappa shape index (κ3) is 3.58. The normalized spacial score (nSPS) is 22.5. The molecular formula is C13H16ClFO2. The van der Waals surface area contributed by atoms with Crippen LogP contribution in [0.4, 0.5) is 4.39 Å². The van der Waals surface area contributed by atoms with Crippen LogP contribution in [0.5, 0.6) is 5.75 Å². The van der Waals surface area contributed by atoms with E-state index in [1.807, 2.05) is 6.07 Å². The lowest BCUT2D eigenvalue weighted by atomic mass is 10.1. The van der Waals surface area contributed by atoms with Gasteiger partial charge in [0.05, 0.1) is 0 Å². The average molecular weight is 259 g/mol. The molecule has 0 amide bonds. The highest BCUT2D eigenvalue weighted by atomic mass is 35.5. The van der Waals surface area contributed by atoms with Crippen LogP contribution in [-0.2, 0) is 11.2 Å². The van der Waals surface area contributed by atoms with Crippen LogP contribution < -0.4 is 4.74 Å². The Kier molecular flexibility index (Phi) is 3.89. The van der Waals surface area contributed by atoms with Crippen LogP contribution in [0.15, 0.2) is 18.2 Å². The number of aryl methyl sites for hydroxylation is 1. The van der Waals surface area contributed by atoms with Gasteiger partial charge in [-0.3, -0.25) is 0 Å². The zero-order valence-electron chi connectivity index (χ0n) is 9.84. The summed E-state index contributed by atoms with van der Waals surface area (Å²) in [6.07, 6.45) is 3.12. The molecule has 94 valence electrons. The van der Waals surface area contributed by atoms with Crippen molar-refractivity contribution < 1.29 is 13.9 Å². The molecule has 1 aromatic rings. The molecule has 1 fully saturated rings. The van der Waals surface area contributed by atoms with Gasteiger partial charge in [-0.15, -0.1) is 0 Å². The fourth-order valence-electron chi connectivity index (χ4n) is 1.55. The smallest absolute Gasteiger partial charge is 0.267 e. The second-order valence-corrected chi connectivity index (χ2v) is 4.72. The Hall–Kier alpha value is -0.800. The van der Waals surface area contributed by atoms with Gasteiger partial charge in [-0.05, 0) is 36.6 Å². The summed E-state index contributed by atoms with van der Waals surface area (Å²) in [6.45, 7) is 2.21. The van der Waals surface area contributed by atoms with Crippen LogP contribution in [-0.4, -0.2) is 19.1 Å². The lowest BCUT2D eigenvalue weighted by Crippen LogP contribution is -2.15. The minimum Gasteiger partial charge on any atom is -0.488 e. The number of alkyl halides is 1. The maximum atomic E-state index is 13.2. The van der Waals surface area contributed by atoms with Gasteiger partial charge >= 0.3 is 0 Å². The van der Waals surface area contributed by atoms with Crippen LogP contribution in [0.3, 0.4) is 0 Å². The van der Waals surface area contributed by atoms with Crippen molar-refractivity contribution >= 4 is 11.6 Å². The molecule has 0 bridgehead atoms.